The molecule has 2 nitrogen and oxygen atoms in total. The van der Waals surface area contributed by atoms with Crippen molar-refractivity contribution in [3.05, 3.63) is 35.4 Å². The second kappa shape index (κ2) is 3.21. The summed E-state index contributed by atoms with van der Waals surface area (Å²) in [6.45, 7) is 4.41. The van der Waals surface area contributed by atoms with Gasteiger partial charge >= 0.3 is 0 Å². The Hall–Kier alpha value is -1.31. The maximum absolute atomic E-state index is 4.15. The predicted octanol–water partition coefficient (Wildman–Crippen LogP) is 2.32. The zero-order chi connectivity index (χ0) is 9.26. The molecule has 1 aliphatic heterocycles. The molecule has 0 saturated carbocycles. The van der Waals surface area contributed by atoms with Gasteiger partial charge in [0.25, 0.3) is 0 Å². The number of nitrogens with one attached hydrogen (secondary N) is 1. The van der Waals surface area contributed by atoms with Crippen LogP contribution in [0.5, 0.6) is 0 Å². The lowest BCUT2D eigenvalue weighted by atomic mass is 9.92. The van der Waals surface area contributed by atoms with Gasteiger partial charge in [0.05, 0.1) is 12.3 Å². The van der Waals surface area contributed by atoms with Crippen LogP contribution in [0.4, 0.5) is 0 Å². The Balaban J connectivity index is 2.43. The van der Waals surface area contributed by atoms with Crippen molar-refractivity contribution in [2.75, 3.05) is 0 Å². The van der Waals surface area contributed by atoms with E-state index in [1.807, 2.05) is 12.3 Å². The van der Waals surface area contributed by atoms with Gasteiger partial charge in [-0.05, 0) is 17.0 Å². The van der Waals surface area contributed by atoms with Gasteiger partial charge in [-0.2, -0.15) is 5.10 Å². The van der Waals surface area contributed by atoms with Crippen LogP contribution in [0.15, 0.2) is 29.4 Å². The maximum Gasteiger partial charge on any atom is 0.0718 e. The van der Waals surface area contributed by atoms with Crippen molar-refractivity contribution in [3.63, 3.8) is 0 Å². The molecule has 1 heterocycles. The smallest absolute Gasteiger partial charge is 0.0718 e. The number of hydrogen-bond donors (Lipinski definition) is 1. The van der Waals surface area contributed by atoms with E-state index in [-0.39, 0.29) is 0 Å². The predicted molar refractivity (Wildman–Crippen MR) is 54.8 cm³/mol. The molecular formula is C11H14N2. The number of hydrogen-bond acceptors (Lipinski definition) is 2. The Morgan fingerprint density at radius 2 is 2.08 bits per heavy atom. The molecule has 1 aromatic rings. The van der Waals surface area contributed by atoms with E-state index in [2.05, 4.69) is 42.6 Å². The molecular weight excluding hydrogens is 160 g/mol. The number of nitrogens with zero attached hydrogens (tertiary/aromatic N) is 1. The van der Waals surface area contributed by atoms with E-state index >= 15 is 0 Å². The summed E-state index contributed by atoms with van der Waals surface area (Å²) in [5.41, 5.74) is 5.73. The van der Waals surface area contributed by atoms with Crippen LogP contribution in [-0.2, 0) is 0 Å². The molecule has 1 aromatic carbocycles. The van der Waals surface area contributed by atoms with Crippen molar-refractivity contribution in [2.45, 2.75) is 19.9 Å². The first-order chi connectivity index (χ1) is 6.29. The third kappa shape index (κ3) is 1.44. The lowest BCUT2D eigenvalue weighted by Crippen LogP contribution is -2.25. The van der Waals surface area contributed by atoms with E-state index in [0.717, 1.165) is 0 Å². The van der Waals surface area contributed by atoms with E-state index in [9.17, 15) is 0 Å². The summed E-state index contributed by atoms with van der Waals surface area (Å²) < 4.78 is 0. The minimum Gasteiger partial charge on any atom is -0.302 e. The fourth-order valence-corrected chi connectivity index (χ4v) is 1.68. The maximum atomic E-state index is 4.15. The van der Waals surface area contributed by atoms with Crippen LogP contribution in [-0.4, -0.2) is 6.21 Å². The van der Waals surface area contributed by atoms with Gasteiger partial charge in [-0.3, -0.25) is 0 Å². The summed E-state index contributed by atoms with van der Waals surface area (Å²) in [7, 11) is 0. The topological polar surface area (TPSA) is 24.4 Å². The van der Waals surface area contributed by atoms with Crippen LogP contribution in [0.3, 0.4) is 0 Å². The number of benzene rings is 1. The fraction of sp³-hybridized carbons (Fsp3) is 0.364. The highest BCUT2D eigenvalue weighted by Gasteiger charge is 2.19. The number of fused-ring (bicyclic) bond motifs is 1. The molecule has 1 N–H and O–H groups in total. The largest absolute Gasteiger partial charge is 0.302 e. The molecule has 68 valence electrons. The molecule has 13 heavy (non-hydrogen) atoms. The van der Waals surface area contributed by atoms with E-state index < -0.39 is 0 Å². The molecule has 0 aromatic heterocycles. The highest BCUT2D eigenvalue weighted by molar-refractivity contribution is 5.82. The first kappa shape index (κ1) is 8.30. The minimum absolute atomic E-state index is 0.362. The molecule has 1 atom stereocenters. The lowest BCUT2D eigenvalue weighted by Gasteiger charge is -2.25. The van der Waals surface area contributed by atoms with Crippen LogP contribution >= 0.6 is 0 Å². The quantitative estimate of drug-likeness (QED) is 0.694. The molecule has 0 bridgehead atoms. The highest BCUT2D eigenvalue weighted by atomic mass is 15.3. The Morgan fingerprint density at radius 1 is 1.31 bits per heavy atom. The zero-order valence-electron chi connectivity index (χ0n) is 7.99. The van der Waals surface area contributed by atoms with Crippen molar-refractivity contribution >= 4 is 6.21 Å². The molecule has 1 aliphatic rings. The van der Waals surface area contributed by atoms with Crippen LogP contribution in [0.25, 0.3) is 0 Å². The van der Waals surface area contributed by atoms with Crippen LogP contribution in [0.2, 0.25) is 0 Å². The highest BCUT2D eigenvalue weighted by Crippen LogP contribution is 2.26. The summed E-state index contributed by atoms with van der Waals surface area (Å²) in [5.74, 6) is 0.568. The van der Waals surface area contributed by atoms with Crippen LogP contribution in [0, 0.1) is 5.92 Å². The van der Waals surface area contributed by atoms with Gasteiger partial charge in [-0.15, -0.1) is 0 Å². The third-order valence-electron chi connectivity index (χ3n) is 2.41. The van der Waals surface area contributed by atoms with Gasteiger partial charge in [-0.25, -0.2) is 0 Å². The molecule has 0 amide bonds. The third-order valence-corrected chi connectivity index (χ3v) is 2.41. The molecule has 0 saturated heterocycles. The van der Waals surface area contributed by atoms with E-state index in [1.165, 1.54) is 11.1 Å². The average molecular weight is 174 g/mol. The molecule has 2 heteroatoms. The Morgan fingerprint density at radius 3 is 2.85 bits per heavy atom. The van der Waals surface area contributed by atoms with Crippen LogP contribution < -0.4 is 5.43 Å². The van der Waals surface area contributed by atoms with Crippen molar-refractivity contribution in [3.8, 4) is 0 Å². The normalized spacial score (nSPS) is 19.8. The molecule has 0 fully saturated rings. The van der Waals surface area contributed by atoms with Crippen molar-refractivity contribution in [1.29, 1.82) is 0 Å². The van der Waals surface area contributed by atoms with E-state index in [0.29, 0.717) is 12.0 Å². The summed E-state index contributed by atoms with van der Waals surface area (Å²) in [6.07, 6.45) is 1.88. The Kier molecular flexibility index (Phi) is 2.05. The van der Waals surface area contributed by atoms with Gasteiger partial charge in [0.2, 0.25) is 0 Å². The average Bonchev–Trinajstić information content (AvgIpc) is 2.17. The summed E-state index contributed by atoms with van der Waals surface area (Å²) in [4.78, 5) is 0. The van der Waals surface area contributed by atoms with Gasteiger partial charge in [0.1, 0.15) is 0 Å². The molecule has 1 unspecified atom stereocenters. The monoisotopic (exact) mass is 174 g/mol. The zero-order valence-corrected chi connectivity index (χ0v) is 7.99. The molecule has 0 aliphatic carbocycles. The second-order valence-electron chi connectivity index (χ2n) is 3.74. The minimum atomic E-state index is 0.362. The van der Waals surface area contributed by atoms with Crippen molar-refractivity contribution in [1.82, 2.24) is 5.43 Å². The first-order valence-electron chi connectivity index (χ1n) is 4.66. The Labute approximate surface area is 78.7 Å². The van der Waals surface area contributed by atoms with Gasteiger partial charge < -0.3 is 5.43 Å². The second-order valence-corrected chi connectivity index (χ2v) is 3.74. The summed E-state index contributed by atoms with van der Waals surface area (Å²) >= 11 is 0. The van der Waals surface area contributed by atoms with Crippen molar-refractivity contribution < 1.29 is 0 Å². The van der Waals surface area contributed by atoms with E-state index in [4.69, 9.17) is 0 Å². The van der Waals surface area contributed by atoms with Crippen molar-refractivity contribution in [2.24, 2.45) is 11.0 Å². The Bertz CT molecular complexity index is 329. The molecule has 0 spiro atoms. The standard InChI is InChI=1S/C11H14N2/c1-8(2)11-10-6-4-3-5-9(10)7-12-13-11/h3-8,11,13H,1-2H3. The van der Waals surface area contributed by atoms with Gasteiger partial charge in [0.15, 0.2) is 0 Å². The number of rotatable bonds is 1. The van der Waals surface area contributed by atoms with Gasteiger partial charge in [0, 0.05) is 0 Å². The summed E-state index contributed by atoms with van der Waals surface area (Å²) in [5, 5.41) is 4.15. The first-order valence-corrected chi connectivity index (χ1v) is 4.66. The molecule has 0 radical (unpaired) electrons. The summed E-state index contributed by atoms with van der Waals surface area (Å²) in [6, 6.07) is 8.76. The van der Waals surface area contributed by atoms with Gasteiger partial charge in [-0.1, -0.05) is 38.1 Å². The molecule has 2 rings (SSSR count). The SMILES string of the molecule is CC(C)C1NN=Cc2ccccc21. The van der Waals surface area contributed by atoms with Crippen LogP contribution in [0.1, 0.15) is 31.0 Å². The number of hydrazone groups is 1. The lowest BCUT2D eigenvalue weighted by molar-refractivity contribution is 0.419. The van der Waals surface area contributed by atoms with E-state index in [1.54, 1.807) is 0 Å². The fourth-order valence-electron chi connectivity index (χ4n) is 1.68.